The van der Waals surface area contributed by atoms with Crippen LogP contribution in [-0.2, 0) is 14.2 Å². The maximum absolute atomic E-state index is 5.72. The number of hydrogen-bond donors (Lipinski definition) is 1. The molecule has 0 aromatic heterocycles. The summed E-state index contributed by atoms with van der Waals surface area (Å²) in [6, 6.07) is 0. The highest BCUT2D eigenvalue weighted by molar-refractivity contribution is 14.0. The lowest BCUT2D eigenvalue weighted by Crippen LogP contribution is -2.41. The van der Waals surface area contributed by atoms with Gasteiger partial charge in [0.1, 0.15) is 0 Å². The number of rotatable bonds is 7. The molecule has 146 valence electrons. The quantitative estimate of drug-likeness (QED) is 0.270. The summed E-state index contributed by atoms with van der Waals surface area (Å²) in [7, 11) is 0. The Bertz CT molecular complexity index is 410. The molecule has 3 aliphatic heterocycles. The van der Waals surface area contributed by atoms with Crippen molar-refractivity contribution in [3.05, 3.63) is 0 Å². The smallest absolute Gasteiger partial charge is 0.193 e. The number of likely N-dealkylation sites (tertiary alicyclic amines) is 1. The summed E-state index contributed by atoms with van der Waals surface area (Å²) in [6.07, 6.45) is 6.02. The van der Waals surface area contributed by atoms with Crippen LogP contribution < -0.4 is 5.32 Å². The fraction of sp³-hybridized carbons (Fsp3) is 0.944. The lowest BCUT2D eigenvalue weighted by atomic mass is 9.87. The molecule has 0 aromatic rings. The topological polar surface area (TPSA) is 55.3 Å². The SMILES string of the molecule is CCNC(=NCCCOCC1CCCO1)N1CCC2(CCOC2)C1.I. The number of aliphatic imine (C=N–C) groups is 1. The average Bonchev–Trinajstić information content (AvgIpc) is 3.34. The second-order valence-corrected chi connectivity index (χ2v) is 7.27. The molecular weight excluding hydrogens is 433 g/mol. The highest BCUT2D eigenvalue weighted by Gasteiger charge is 2.42. The summed E-state index contributed by atoms with van der Waals surface area (Å²) in [5, 5.41) is 3.44. The summed E-state index contributed by atoms with van der Waals surface area (Å²) in [4.78, 5) is 7.21. The van der Waals surface area contributed by atoms with Gasteiger partial charge in [-0.3, -0.25) is 4.99 Å². The number of guanidine groups is 1. The minimum absolute atomic E-state index is 0. The van der Waals surface area contributed by atoms with E-state index >= 15 is 0 Å². The van der Waals surface area contributed by atoms with Crippen LogP contribution in [0.25, 0.3) is 0 Å². The molecule has 3 rings (SSSR count). The minimum Gasteiger partial charge on any atom is -0.381 e. The zero-order valence-corrected chi connectivity index (χ0v) is 17.8. The molecule has 25 heavy (non-hydrogen) atoms. The van der Waals surface area contributed by atoms with E-state index in [4.69, 9.17) is 19.2 Å². The van der Waals surface area contributed by atoms with Crippen LogP contribution in [0, 0.1) is 5.41 Å². The highest BCUT2D eigenvalue weighted by Crippen LogP contribution is 2.38. The fourth-order valence-electron chi connectivity index (χ4n) is 3.86. The Hall–Kier alpha value is -0.120. The number of ether oxygens (including phenoxy) is 3. The predicted octanol–water partition coefficient (Wildman–Crippen LogP) is 2.27. The van der Waals surface area contributed by atoms with Crippen molar-refractivity contribution in [2.75, 3.05) is 59.2 Å². The molecule has 0 radical (unpaired) electrons. The number of hydrogen-bond acceptors (Lipinski definition) is 4. The van der Waals surface area contributed by atoms with E-state index in [9.17, 15) is 0 Å². The van der Waals surface area contributed by atoms with E-state index in [2.05, 4.69) is 17.1 Å². The molecule has 1 spiro atoms. The van der Waals surface area contributed by atoms with Crippen LogP contribution in [0.2, 0.25) is 0 Å². The monoisotopic (exact) mass is 467 g/mol. The lowest BCUT2D eigenvalue weighted by Gasteiger charge is -2.25. The van der Waals surface area contributed by atoms with E-state index in [-0.39, 0.29) is 24.0 Å². The molecule has 0 saturated carbocycles. The molecule has 6 nitrogen and oxygen atoms in total. The Morgan fingerprint density at radius 2 is 2.28 bits per heavy atom. The van der Waals surface area contributed by atoms with Crippen molar-refractivity contribution in [1.29, 1.82) is 0 Å². The molecule has 0 aromatic carbocycles. The third kappa shape index (κ3) is 6.22. The average molecular weight is 467 g/mol. The Morgan fingerprint density at radius 1 is 1.36 bits per heavy atom. The third-order valence-electron chi connectivity index (χ3n) is 5.29. The van der Waals surface area contributed by atoms with Gasteiger partial charge in [-0.15, -0.1) is 24.0 Å². The van der Waals surface area contributed by atoms with Crippen LogP contribution >= 0.6 is 24.0 Å². The molecule has 0 aliphatic carbocycles. The van der Waals surface area contributed by atoms with Gasteiger partial charge in [0.05, 0.1) is 19.3 Å². The first kappa shape index (κ1) is 21.2. The summed E-state index contributed by atoms with van der Waals surface area (Å²) in [6.45, 7) is 10.3. The zero-order chi connectivity index (χ0) is 16.7. The summed E-state index contributed by atoms with van der Waals surface area (Å²) in [5.41, 5.74) is 0.376. The molecule has 3 heterocycles. The Labute approximate surface area is 169 Å². The Kier molecular flexibility index (Phi) is 9.23. The van der Waals surface area contributed by atoms with Gasteiger partial charge in [0, 0.05) is 51.4 Å². The zero-order valence-electron chi connectivity index (χ0n) is 15.5. The largest absolute Gasteiger partial charge is 0.381 e. The molecular formula is C18H34IN3O3. The minimum atomic E-state index is 0. The predicted molar refractivity (Wildman–Crippen MR) is 110 cm³/mol. The second kappa shape index (κ2) is 10.9. The van der Waals surface area contributed by atoms with Crippen LogP contribution in [0.15, 0.2) is 4.99 Å². The van der Waals surface area contributed by atoms with Gasteiger partial charge in [-0.25, -0.2) is 0 Å². The van der Waals surface area contributed by atoms with Gasteiger partial charge < -0.3 is 24.4 Å². The van der Waals surface area contributed by atoms with Crippen LogP contribution in [0.3, 0.4) is 0 Å². The van der Waals surface area contributed by atoms with E-state index in [1.807, 2.05) is 0 Å². The van der Waals surface area contributed by atoms with Gasteiger partial charge >= 0.3 is 0 Å². The van der Waals surface area contributed by atoms with Crippen LogP contribution in [0.4, 0.5) is 0 Å². The summed E-state index contributed by atoms with van der Waals surface area (Å²) >= 11 is 0. The van der Waals surface area contributed by atoms with Crippen molar-refractivity contribution in [1.82, 2.24) is 10.2 Å². The normalized spacial score (nSPS) is 29.4. The highest BCUT2D eigenvalue weighted by atomic mass is 127. The number of nitrogens with one attached hydrogen (secondary N) is 1. The van der Waals surface area contributed by atoms with Gasteiger partial charge in [0.15, 0.2) is 5.96 Å². The van der Waals surface area contributed by atoms with E-state index < -0.39 is 0 Å². The van der Waals surface area contributed by atoms with E-state index in [0.717, 1.165) is 78.0 Å². The molecule has 7 heteroatoms. The van der Waals surface area contributed by atoms with E-state index in [1.165, 1.54) is 19.3 Å². The molecule has 2 atom stereocenters. The van der Waals surface area contributed by atoms with Gasteiger partial charge in [-0.1, -0.05) is 0 Å². The van der Waals surface area contributed by atoms with Crippen molar-refractivity contribution in [3.8, 4) is 0 Å². The second-order valence-electron chi connectivity index (χ2n) is 7.27. The van der Waals surface area contributed by atoms with Gasteiger partial charge in [-0.2, -0.15) is 0 Å². The van der Waals surface area contributed by atoms with Crippen LogP contribution in [-0.4, -0.2) is 76.2 Å². The molecule has 2 unspecified atom stereocenters. The van der Waals surface area contributed by atoms with Crippen molar-refractivity contribution < 1.29 is 14.2 Å². The van der Waals surface area contributed by atoms with E-state index in [0.29, 0.717) is 11.5 Å². The molecule has 0 amide bonds. The molecule has 3 saturated heterocycles. The summed E-state index contributed by atoms with van der Waals surface area (Å²) in [5.74, 6) is 1.06. The number of nitrogens with zero attached hydrogens (tertiary/aromatic N) is 2. The summed E-state index contributed by atoms with van der Waals surface area (Å²) < 4.78 is 16.9. The molecule has 3 aliphatic rings. The van der Waals surface area contributed by atoms with E-state index in [1.54, 1.807) is 0 Å². The third-order valence-corrected chi connectivity index (χ3v) is 5.29. The number of halogens is 1. The van der Waals surface area contributed by atoms with Crippen molar-refractivity contribution in [2.45, 2.75) is 45.1 Å². The first-order valence-electron chi connectivity index (χ1n) is 9.62. The lowest BCUT2D eigenvalue weighted by molar-refractivity contribution is 0.0170. The fourth-order valence-corrected chi connectivity index (χ4v) is 3.86. The molecule has 1 N–H and O–H groups in total. The standard InChI is InChI=1S/C18H33N3O3.HI/c1-2-19-17(21-9-6-18(14-21)7-12-23-15-18)20-8-4-10-22-13-16-5-3-11-24-16;/h16H,2-15H2,1H3,(H,19,20);1H. The van der Waals surface area contributed by atoms with Crippen LogP contribution in [0.5, 0.6) is 0 Å². The first-order valence-corrected chi connectivity index (χ1v) is 9.62. The van der Waals surface area contributed by atoms with Crippen molar-refractivity contribution in [2.24, 2.45) is 10.4 Å². The maximum Gasteiger partial charge on any atom is 0.193 e. The Morgan fingerprint density at radius 3 is 3.00 bits per heavy atom. The molecule has 3 fully saturated rings. The first-order chi connectivity index (χ1) is 11.8. The van der Waals surface area contributed by atoms with Gasteiger partial charge in [0.25, 0.3) is 0 Å². The van der Waals surface area contributed by atoms with Crippen molar-refractivity contribution >= 4 is 29.9 Å². The molecule has 0 bridgehead atoms. The maximum atomic E-state index is 5.72. The van der Waals surface area contributed by atoms with Crippen LogP contribution in [0.1, 0.15) is 39.0 Å². The van der Waals surface area contributed by atoms with Gasteiger partial charge in [0.2, 0.25) is 0 Å². The Balaban J connectivity index is 0.00000225. The van der Waals surface area contributed by atoms with Crippen molar-refractivity contribution in [3.63, 3.8) is 0 Å². The van der Waals surface area contributed by atoms with Gasteiger partial charge in [-0.05, 0) is 39.0 Å².